The minimum absolute atomic E-state index is 0.222. The number of hydrogen-bond acceptors (Lipinski definition) is 1. The van der Waals surface area contributed by atoms with Gasteiger partial charge in [-0.1, -0.05) is 91.0 Å². The Hall–Kier alpha value is -2.85. The van der Waals surface area contributed by atoms with Gasteiger partial charge in [-0.05, 0) is 29.5 Å². The van der Waals surface area contributed by atoms with Crippen molar-refractivity contribution in [3.8, 4) is 6.07 Å². The second-order valence-electron chi connectivity index (χ2n) is 6.02. The van der Waals surface area contributed by atoms with Crippen LogP contribution in [0.5, 0.6) is 0 Å². The quantitative estimate of drug-likeness (QED) is 0.422. The van der Waals surface area contributed by atoms with Crippen LogP contribution >= 0.6 is 0 Å². The van der Waals surface area contributed by atoms with Gasteiger partial charge in [-0.3, -0.25) is 0 Å². The molecule has 0 aliphatic carbocycles. The van der Waals surface area contributed by atoms with E-state index in [4.69, 9.17) is 5.26 Å². The second-order valence-corrected chi connectivity index (χ2v) is 6.02. The van der Waals surface area contributed by atoms with Crippen molar-refractivity contribution in [1.82, 2.24) is 0 Å². The molecule has 0 aromatic heterocycles. The van der Waals surface area contributed by atoms with Crippen LogP contribution in [-0.4, -0.2) is 0 Å². The third kappa shape index (κ3) is 3.09. The first-order valence-corrected chi connectivity index (χ1v) is 8.41. The predicted octanol–water partition coefficient (Wildman–Crippen LogP) is 5.71. The fourth-order valence-corrected chi connectivity index (χ4v) is 3.53. The fraction of sp³-hybridized carbons (Fsp3) is 0.174. The Labute approximate surface area is 144 Å². The van der Waals surface area contributed by atoms with Crippen molar-refractivity contribution in [2.24, 2.45) is 0 Å². The molecule has 0 aliphatic rings. The Bertz CT molecular complexity index is 689. The van der Waals surface area contributed by atoms with Gasteiger partial charge in [0, 0.05) is 11.8 Å². The molecular formula is C23H21N. The van der Waals surface area contributed by atoms with Crippen molar-refractivity contribution in [3.63, 3.8) is 0 Å². The summed E-state index contributed by atoms with van der Waals surface area (Å²) in [6, 6.07) is 34.2. The molecular weight excluding hydrogens is 290 g/mol. The average molecular weight is 311 g/mol. The van der Waals surface area contributed by atoms with E-state index >= 15 is 0 Å². The van der Waals surface area contributed by atoms with E-state index in [0.717, 1.165) is 12.8 Å². The van der Waals surface area contributed by atoms with Crippen molar-refractivity contribution >= 4 is 0 Å². The van der Waals surface area contributed by atoms with E-state index in [1.54, 1.807) is 0 Å². The highest BCUT2D eigenvalue weighted by Crippen LogP contribution is 2.43. The molecule has 0 radical (unpaired) electrons. The first kappa shape index (κ1) is 16.0. The lowest BCUT2D eigenvalue weighted by atomic mass is 9.66. The lowest BCUT2D eigenvalue weighted by Gasteiger charge is -2.36. The van der Waals surface area contributed by atoms with Crippen LogP contribution in [0.1, 0.15) is 36.0 Å². The normalized spacial score (nSPS) is 11.0. The van der Waals surface area contributed by atoms with E-state index < -0.39 is 0 Å². The van der Waals surface area contributed by atoms with E-state index in [1.807, 2.05) is 0 Å². The molecule has 0 spiro atoms. The summed E-state index contributed by atoms with van der Waals surface area (Å²) in [7, 11) is 0. The Morgan fingerprint density at radius 2 is 1.00 bits per heavy atom. The molecule has 0 bridgehead atoms. The van der Waals surface area contributed by atoms with E-state index in [-0.39, 0.29) is 5.41 Å². The van der Waals surface area contributed by atoms with Gasteiger partial charge in [-0.2, -0.15) is 5.26 Å². The van der Waals surface area contributed by atoms with Crippen LogP contribution in [0.4, 0.5) is 0 Å². The first-order valence-electron chi connectivity index (χ1n) is 8.41. The lowest BCUT2D eigenvalue weighted by Crippen LogP contribution is -2.29. The minimum atomic E-state index is -0.222. The van der Waals surface area contributed by atoms with E-state index in [9.17, 15) is 0 Å². The van der Waals surface area contributed by atoms with Gasteiger partial charge in [0.05, 0.1) is 6.07 Å². The van der Waals surface area contributed by atoms with E-state index in [2.05, 4.69) is 97.1 Å². The summed E-state index contributed by atoms with van der Waals surface area (Å²) in [5.41, 5.74) is 3.61. The molecule has 0 aliphatic heterocycles. The zero-order valence-corrected chi connectivity index (χ0v) is 13.7. The smallest absolute Gasteiger partial charge is 0.0621 e. The van der Waals surface area contributed by atoms with Crippen LogP contribution in [-0.2, 0) is 5.41 Å². The number of rotatable bonds is 6. The Morgan fingerprint density at radius 3 is 1.33 bits per heavy atom. The molecule has 3 rings (SSSR count). The van der Waals surface area contributed by atoms with E-state index in [0.29, 0.717) is 6.42 Å². The molecule has 1 nitrogen and oxygen atoms in total. The molecule has 3 aromatic carbocycles. The Morgan fingerprint density at radius 1 is 0.625 bits per heavy atom. The number of benzene rings is 3. The second kappa shape index (κ2) is 7.62. The van der Waals surface area contributed by atoms with Crippen LogP contribution < -0.4 is 0 Å². The highest BCUT2D eigenvalue weighted by molar-refractivity contribution is 5.50. The molecule has 0 amide bonds. The van der Waals surface area contributed by atoms with Gasteiger partial charge < -0.3 is 0 Å². The standard InChI is InChI=1S/C23H21N/c24-19-11-10-18-23(20-12-4-1-5-13-20,21-14-6-2-7-15-21)22-16-8-3-9-17-22/h1-9,12-17H,10-11,18H2. The number of unbranched alkanes of at least 4 members (excludes halogenated alkanes) is 1. The van der Waals surface area contributed by atoms with Crippen molar-refractivity contribution in [2.75, 3.05) is 0 Å². The van der Waals surface area contributed by atoms with E-state index in [1.165, 1.54) is 16.7 Å². The van der Waals surface area contributed by atoms with Crippen molar-refractivity contribution in [1.29, 1.82) is 5.26 Å². The van der Waals surface area contributed by atoms with Crippen LogP contribution in [0.15, 0.2) is 91.0 Å². The van der Waals surface area contributed by atoms with Gasteiger partial charge in [0.25, 0.3) is 0 Å². The fourth-order valence-electron chi connectivity index (χ4n) is 3.53. The summed E-state index contributed by atoms with van der Waals surface area (Å²) in [4.78, 5) is 0. The Kier molecular flexibility index (Phi) is 5.08. The van der Waals surface area contributed by atoms with Crippen molar-refractivity contribution < 1.29 is 0 Å². The topological polar surface area (TPSA) is 23.8 Å². The van der Waals surface area contributed by atoms with Gasteiger partial charge in [0.1, 0.15) is 0 Å². The van der Waals surface area contributed by atoms with Gasteiger partial charge in [-0.25, -0.2) is 0 Å². The zero-order valence-electron chi connectivity index (χ0n) is 13.7. The summed E-state index contributed by atoms with van der Waals surface area (Å²) in [5.74, 6) is 0. The summed E-state index contributed by atoms with van der Waals surface area (Å²) in [6.07, 6.45) is 2.36. The molecule has 0 fully saturated rings. The maximum absolute atomic E-state index is 9.02. The highest BCUT2D eigenvalue weighted by atomic mass is 14.4. The lowest BCUT2D eigenvalue weighted by molar-refractivity contribution is 0.538. The maximum atomic E-state index is 9.02. The maximum Gasteiger partial charge on any atom is 0.0621 e. The predicted molar refractivity (Wildman–Crippen MR) is 98.7 cm³/mol. The molecule has 0 saturated carbocycles. The molecule has 118 valence electrons. The molecule has 0 heterocycles. The van der Waals surface area contributed by atoms with Crippen LogP contribution in [0, 0.1) is 11.3 Å². The summed E-state index contributed by atoms with van der Waals surface area (Å²) >= 11 is 0. The highest BCUT2D eigenvalue weighted by Gasteiger charge is 2.35. The van der Waals surface area contributed by atoms with Crippen molar-refractivity contribution in [3.05, 3.63) is 108 Å². The third-order valence-corrected chi connectivity index (χ3v) is 4.64. The van der Waals surface area contributed by atoms with Gasteiger partial charge in [-0.15, -0.1) is 0 Å². The molecule has 0 unspecified atom stereocenters. The number of hydrogen-bond donors (Lipinski definition) is 0. The van der Waals surface area contributed by atoms with Crippen LogP contribution in [0.25, 0.3) is 0 Å². The van der Waals surface area contributed by atoms with Crippen LogP contribution in [0.2, 0.25) is 0 Å². The summed E-state index contributed by atoms with van der Waals surface area (Å²) in [6.45, 7) is 0. The largest absolute Gasteiger partial charge is 0.198 e. The number of nitrogens with zero attached hydrogens (tertiary/aromatic N) is 1. The SMILES string of the molecule is N#CCCCC(c1ccccc1)(c1ccccc1)c1ccccc1. The molecule has 24 heavy (non-hydrogen) atoms. The molecule has 0 N–H and O–H groups in total. The average Bonchev–Trinajstić information content (AvgIpc) is 2.68. The van der Waals surface area contributed by atoms with Gasteiger partial charge >= 0.3 is 0 Å². The Balaban J connectivity index is 2.22. The number of nitriles is 1. The molecule has 3 aromatic rings. The summed E-state index contributed by atoms with van der Waals surface area (Å²) in [5, 5.41) is 9.02. The first-order chi connectivity index (χ1) is 11.9. The third-order valence-electron chi connectivity index (χ3n) is 4.64. The minimum Gasteiger partial charge on any atom is -0.198 e. The zero-order chi connectivity index (χ0) is 16.7. The van der Waals surface area contributed by atoms with Crippen molar-refractivity contribution in [2.45, 2.75) is 24.7 Å². The molecule has 1 heteroatoms. The van der Waals surface area contributed by atoms with Gasteiger partial charge in [0.2, 0.25) is 0 Å². The molecule has 0 saturated heterocycles. The van der Waals surface area contributed by atoms with Gasteiger partial charge in [0.15, 0.2) is 0 Å². The summed E-state index contributed by atoms with van der Waals surface area (Å²) < 4.78 is 0. The molecule has 0 atom stereocenters. The monoisotopic (exact) mass is 311 g/mol. The van der Waals surface area contributed by atoms with Crippen LogP contribution in [0.3, 0.4) is 0 Å².